The summed E-state index contributed by atoms with van der Waals surface area (Å²) in [6, 6.07) is 3.80. The van der Waals surface area contributed by atoms with Crippen LogP contribution in [-0.2, 0) is 14.3 Å². The van der Waals surface area contributed by atoms with Crippen LogP contribution in [0.15, 0.2) is 12.1 Å². The molecule has 1 aromatic rings. The smallest absolute Gasteiger partial charge is 0.251 e. The van der Waals surface area contributed by atoms with E-state index in [2.05, 4.69) is 22.5 Å². The Hall–Kier alpha value is -1.83. The van der Waals surface area contributed by atoms with E-state index in [0.29, 0.717) is 30.3 Å². The number of piperidine rings is 2. The zero-order valence-corrected chi connectivity index (χ0v) is 19.3. The highest BCUT2D eigenvalue weighted by Gasteiger charge is 2.40. The van der Waals surface area contributed by atoms with Gasteiger partial charge in [0.2, 0.25) is 5.91 Å². The molecular weight excluding hydrogens is 418 g/mol. The van der Waals surface area contributed by atoms with Crippen LogP contribution in [-0.4, -0.2) is 56.5 Å². The van der Waals surface area contributed by atoms with Crippen LogP contribution in [0.5, 0.6) is 0 Å². The minimum absolute atomic E-state index is 0.00801. The average molecular weight is 450 g/mol. The molecule has 0 aliphatic carbocycles. The van der Waals surface area contributed by atoms with Gasteiger partial charge in [0.15, 0.2) is 5.79 Å². The van der Waals surface area contributed by atoms with E-state index in [1.54, 1.807) is 6.07 Å². The molecule has 3 unspecified atom stereocenters. The molecule has 1 aromatic carbocycles. The second-order valence-corrected chi connectivity index (χ2v) is 9.57. The first-order valence-electron chi connectivity index (χ1n) is 11.2. The number of hydrogen-bond donors (Lipinski definition) is 2. The number of rotatable bonds is 4. The SMILES string of the molecule is Cc1c(C(=O)NCC2C(=O)NC(C)CC2C)cc(Cl)cc1N1CCC2(CC1)OCCO2. The number of carbonyl (C=O) groups excluding carboxylic acids is 2. The molecule has 2 amide bonds. The van der Waals surface area contributed by atoms with Gasteiger partial charge in [-0.05, 0) is 43.9 Å². The van der Waals surface area contributed by atoms with Gasteiger partial charge in [0, 0.05) is 54.8 Å². The van der Waals surface area contributed by atoms with E-state index >= 15 is 0 Å². The Bertz CT molecular complexity index is 845. The molecule has 3 aliphatic heterocycles. The highest BCUT2D eigenvalue weighted by Crippen LogP contribution is 2.36. The minimum Gasteiger partial charge on any atom is -0.371 e. The summed E-state index contributed by atoms with van der Waals surface area (Å²) in [5, 5.41) is 6.47. The van der Waals surface area contributed by atoms with Gasteiger partial charge in [0.1, 0.15) is 0 Å². The van der Waals surface area contributed by atoms with Crippen LogP contribution in [0.3, 0.4) is 0 Å². The summed E-state index contributed by atoms with van der Waals surface area (Å²) in [4.78, 5) is 27.6. The molecule has 3 fully saturated rings. The van der Waals surface area contributed by atoms with Crippen molar-refractivity contribution in [3.8, 4) is 0 Å². The van der Waals surface area contributed by atoms with Crippen molar-refractivity contribution < 1.29 is 19.1 Å². The van der Waals surface area contributed by atoms with Crippen LogP contribution in [0.1, 0.15) is 49.0 Å². The van der Waals surface area contributed by atoms with Gasteiger partial charge in [0.25, 0.3) is 5.91 Å². The summed E-state index contributed by atoms with van der Waals surface area (Å²) in [5.74, 6) is -0.633. The Morgan fingerprint density at radius 2 is 1.94 bits per heavy atom. The number of benzene rings is 1. The summed E-state index contributed by atoms with van der Waals surface area (Å²) < 4.78 is 11.6. The third-order valence-corrected chi connectivity index (χ3v) is 7.11. The number of nitrogens with zero attached hydrogens (tertiary/aromatic N) is 1. The first kappa shape index (κ1) is 22.4. The van der Waals surface area contributed by atoms with Crippen LogP contribution in [0.25, 0.3) is 0 Å². The maximum Gasteiger partial charge on any atom is 0.251 e. The molecule has 0 saturated carbocycles. The van der Waals surface area contributed by atoms with Gasteiger partial charge in [-0.25, -0.2) is 0 Å². The lowest BCUT2D eigenvalue weighted by atomic mass is 9.84. The lowest BCUT2D eigenvalue weighted by Crippen LogP contribution is -2.50. The molecule has 0 bridgehead atoms. The number of halogens is 1. The number of carbonyl (C=O) groups is 2. The second kappa shape index (κ2) is 8.96. The van der Waals surface area contributed by atoms with Gasteiger partial charge in [0.05, 0.1) is 19.1 Å². The van der Waals surface area contributed by atoms with Crippen molar-refractivity contribution in [1.29, 1.82) is 0 Å². The van der Waals surface area contributed by atoms with E-state index in [0.717, 1.165) is 43.6 Å². The molecule has 4 rings (SSSR count). The fourth-order valence-corrected chi connectivity index (χ4v) is 5.30. The van der Waals surface area contributed by atoms with E-state index in [4.69, 9.17) is 21.1 Å². The molecule has 170 valence electrons. The van der Waals surface area contributed by atoms with Crippen LogP contribution < -0.4 is 15.5 Å². The van der Waals surface area contributed by atoms with E-state index in [-0.39, 0.29) is 29.7 Å². The predicted molar refractivity (Wildman–Crippen MR) is 119 cm³/mol. The van der Waals surface area contributed by atoms with E-state index in [9.17, 15) is 9.59 Å². The summed E-state index contributed by atoms with van der Waals surface area (Å²) >= 11 is 6.40. The quantitative estimate of drug-likeness (QED) is 0.738. The molecule has 3 aliphatic rings. The fourth-order valence-electron chi connectivity index (χ4n) is 5.08. The maximum atomic E-state index is 13.0. The molecular formula is C23H32ClN3O4. The van der Waals surface area contributed by atoms with Gasteiger partial charge in [-0.15, -0.1) is 0 Å². The Kier molecular flexibility index (Phi) is 6.47. The molecule has 2 N–H and O–H groups in total. The molecule has 1 spiro atoms. The topological polar surface area (TPSA) is 79.9 Å². The van der Waals surface area contributed by atoms with Crippen molar-refractivity contribution in [2.24, 2.45) is 11.8 Å². The van der Waals surface area contributed by atoms with Crippen molar-refractivity contribution in [3.05, 3.63) is 28.3 Å². The fraction of sp³-hybridized carbons (Fsp3) is 0.652. The minimum atomic E-state index is -0.446. The Morgan fingerprint density at radius 3 is 2.58 bits per heavy atom. The van der Waals surface area contributed by atoms with Crippen molar-refractivity contribution in [2.45, 2.75) is 51.9 Å². The zero-order valence-electron chi connectivity index (χ0n) is 18.5. The van der Waals surface area contributed by atoms with Gasteiger partial charge >= 0.3 is 0 Å². The number of anilines is 1. The predicted octanol–water partition coefficient (Wildman–Crippen LogP) is 2.88. The van der Waals surface area contributed by atoms with E-state index < -0.39 is 5.79 Å². The largest absolute Gasteiger partial charge is 0.371 e. The molecule has 7 nitrogen and oxygen atoms in total. The average Bonchev–Trinajstić information content (AvgIpc) is 3.17. The van der Waals surface area contributed by atoms with Crippen LogP contribution >= 0.6 is 11.6 Å². The molecule has 0 radical (unpaired) electrons. The van der Waals surface area contributed by atoms with E-state index in [1.165, 1.54) is 0 Å². The van der Waals surface area contributed by atoms with Gasteiger partial charge in [-0.1, -0.05) is 18.5 Å². The van der Waals surface area contributed by atoms with Crippen molar-refractivity contribution in [2.75, 3.05) is 37.7 Å². The Balaban J connectivity index is 1.44. The molecule has 3 saturated heterocycles. The van der Waals surface area contributed by atoms with E-state index in [1.807, 2.05) is 19.9 Å². The zero-order chi connectivity index (χ0) is 22.2. The summed E-state index contributed by atoms with van der Waals surface area (Å²) in [5.41, 5.74) is 2.40. The molecule has 8 heteroatoms. The summed E-state index contributed by atoms with van der Waals surface area (Å²) in [7, 11) is 0. The van der Waals surface area contributed by atoms with Crippen molar-refractivity contribution >= 4 is 29.1 Å². The van der Waals surface area contributed by atoms with Gasteiger partial charge < -0.3 is 25.0 Å². The van der Waals surface area contributed by atoms with Crippen molar-refractivity contribution in [3.63, 3.8) is 0 Å². The Labute approximate surface area is 188 Å². The number of ether oxygens (including phenoxy) is 2. The highest BCUT2D eigenvalue weighted by atomic mass is 35.5. The van der Waals surface area contributed by atoms with Gasteiger partial charge in [-0.2, -0.15) is 0 Å². The molecule has 3 atom stereocenters. The van der Waals surface area contributed by atoms with Crippen LogP contribution in [0, 0.1) is 18.8 Å². The maximum absolute atomic E-state index is 13.0. The number of hydrogen-bond acceptors (Lipinski definition) is 5. The molecule has 3 heterocycles. The monoisotopic (exact) mass is 449 g/mol. The standard InChI is InChI=1S/C23H32ClN3O4/c1-14-10-15(2)26-22(29)19(14)13-25-21(28)18-11-17(24)12-20(16(18)3)27-6-4-23(5-7-27)30-8-9-31-23/h11-12,14-15,19H,4-10,13H2,1-3H3,(H,25,28)(H,26,29). The second-order valence-electron chi connectivity index (χ2n) is 9.13. The normalized spacial score (nSPS) is 27.9. The first-order valence-corrected chi connectivity index (χ1v) is 11.6. The first-order chi connectivity index (χ1) is 14.8. The van der Waals surface area contributed by atoms with Crippen LogP contribution in [0.2, 0.25) is 5.02 Å². The lowest BCUT2D eigenvalue weighted by molar-refractivity contribution is -0.169. The highest BCUT2D eigenvalue weighted by molar-refractivity contribution is 6.31. The number of amides is 2. The van der Waals surface area contributed by atoms with Gasteiger partial charge in [-0.3, -0.25) is 9.59 Å². The molecule has 0 aromatic heterocycles. The number of nitrogens with one attached hydrogen (secondary N) is 2. The summed E-state index contributed by atoms with van der Waals surface area (Å²) in [6.07, 6.45) is 2.48. The lowest BCUT2D eigenvalue weighted by Gasteiger charge is -2.39. The third kappa shape index (κ3) is 4.69. The summed E-state index contributed by atoms with van der Waals surface area (Å²) in [6.45, 7) is 9.20. The van der Waals surface area contributed by atoms with Crippen LogP contribution in [0.4, 0.5) is 5.69 Å². The van der Waals surface area contributed by atoms with Crippen molar-refractivity contribution in [1.82, 2.24) is 10.6 Å². The third-order valence-electron chi connectivity index (χ3n) is 6.89. The molecule has 31 heavy (non-hydrogen) atoms. The Morgan fingerprint density at radius 1 is 1.26 bits per heavy atom.